The normalized spacial score (nSPS) is 56.0. The van der Waals surface area contributed by atoms with Crippen LogP contribution in [0.4, 0.5) is 0 Å². The van der Waals surface area contributed by atoms with E-state index in [2.05, 4.69) is 13.8 Å². The molecule has 4 saturated carbocycles. The number of aliphatic hydroxyl groups excluding tert-OH is 3. The molecule has 5 N–H and O–H groups in total. The molecule has 5 fully saturated rings. The van der Waals surface area contributed by atoms with E-state index in [4.69, 9.17) is 14.2 Å². The molecule has 13 atom stereocenters. The molecule has 0 bridgehead atoms. The number of carbonyl (C=O) groups is 2. The molecule has 10 heteroatoms. The van der Waals surface area contributed by atoms with Crippen LogP contribution in [0, 0.1) is 28.1 Å². The monoisotopic (exact) mass is 564 g/mol. The SMILES string of the molecule is C[C@@H]1O[C@@H](O[C@H]2CC[C@]3(C=O)[C@H]4CC[C@]5(C)[C@@H](C6=CC(=O)OC6)CC[C@]5(O)[C@]4(C)CC[C@]3(O)C2)[C@H](O)[C@H](O)[C@H]1O. The second-order valence-corrected chi connectivity index (χ2v) is 14.1. The van der Waals surface area contributed by atoms with Crippen LogP contribution in [0.2, 0.25) is 0 Å². The number of hydrogen-bond donors (Lipinski definition) is 5. The molecule has 0 amide bonds. The molecule has 0 aromatic carbocycles. The highest BCUT2D eigenvalue weighted by molar-refractivity contribution is 5.85. The Morgan fingerprint density at radius 2 is 1.70 bits per heavy atom. The first kappa shape index (κ1) is 28.7. The zero-order chi connectivity index (χ0) is 28.9. The number of cyclic esters (lactones) is 1. The summed E-state index contributed by atoms with van der Waals surface area (Å²) in [4.78, 5) is 25.0. The van der Waals surface area contributed by atoms with Gasteiger partial charge in [0.25, 0.3) is 0 Å². The van der Waals surface area contributed by atoms with Crippen LogP contribution in [0.5, 0.6) is 0 Å². The maximum absolute atomic E-state index is 13.1. The molecule has 1 saturated heterocycles. The molecule has 40 heavy (non-hydrogen) atoms. The van der Waals surface area contributed by atoms with E-state index in [1.807, 2.05) is 0 Å². The number of esters is 1. The molecule has 6 aliphatic rings. The third-order valence-electron chi connectivity index (χ3n) is 12.6. The highest BCUT2D eigenvalue weighted by Crippen LogP contribution is 2.75. The Kier molecular flexibility index (Phi) is 6.67. The summed E-state index contributed by atoms with van der Waals surface area (Å²) >= 11 is 0. The predicted octanol–water partition coefficient (Wildman–Crippen LogP) is 1.14. The molecular weight excluding hydrogens is 520 g/mol. The average Bonchev–Trinajstić information content (AvgIpc) is 3.46. The number of aliphatic hydroxyl groups is 5. The number of aldehydes is 1. The average molecular weight is 565 g/mol. The highest BCUT2D eigenvalue weighted by Gasteiger charge is 2.76. The van der Waals surface area contributed by atoms with Crippen molar-refractivity contribution in [3.05, 3.63) is 11.6 Å². The Labute approximate surface area is 234 Å². The number of ether oxygens (including phenoxy) is 3. The molecule has 0 aromatic heterocycles. The van der Waals surface area contributed by atoms with Crippen molar-refractivity contribution in [1.29, 1.82) is 0 Å². The molecule has 0 unspecified atom stereocenters. The maximum Gasteiger partial charge on any atom is 0.331 e. The van der Waals surface area contributed by atoms with Crippen molar-refractivity contribution in [3.8, 4) is 0 Å². The second-order valence-electron chi connectivity index (χ2n) is 14.1. The Balaban J connectivity index is 1.26. The van der Waals surface area contributed by atoms with Gasteiger partial charge in [-0.2, -0.15) is 0 Å². The van der Waals surface area contributed by atoms with Crippen molar-refractivity contribution in [3.63, 3.8) is 0 Å². The first-order valence-electron chi connectivity index (χ1n) is 14.9. The van der Waals surface area contributed by atoms with Crippen LogP contribution in [-0.2, 0) is 23.8 Å². The lowest BCUT2D eigenvalue weighted by molar-refractivity contribution is -0.322. The van der Waals surface area contributed by atoms with E-state index in [9.17, 15) is 35.1 Å². The molecule has 10 nitrogen and oxygen atoms in total. The van der Waals surface area contributed by atoms with E-state index in [1.165, 1.54) is 0 Å². The van der Waals surface area contributed by atoms with Crippen molar-refractivity contribution in [2.24, 2.45) is 28.1 Å². The molecule has 0 radical (unpaired) electrons. The van der Waals surface area contributed by atoms with Crippen molar-refractivity contribution in [1.82, 2.24) is 0 Å². The fraction of sp³-hybridized carbons (Fsp3) is 0.867. The van der Waals surface area contributed by atoms with E-state index < -0.39 is 64.3 Å². The van der Waals surface area contributed by atoms with E-state index in [0.29, 0.717) is 44.9 Å². The summed E-state index contributed by atoms with van der Waals surface area (Å²) in [6, 6.07) is 0. The van der Waals surface area contributed by atoms with Gasteiger partial charge in [-0.05, 0) is 75.7 Å². The summed E-state index contributed by atoms with van der Waals surface area (Å²) in [7, 11) is 0. The lowest BCUT2D eigenvalue weighted by Crippen LogP contribution is -2.73. The van der Waals surface area contributed by atoms with Gasteiger partial charge in [-0.1, -0.05) is 13.8 Å². The zero-order valence-corrected chi connectivity index (χ0v) is 23.6. The zero-order valence-electron chi connectivity index (χ0n) is 23.6. The Bertz CT molecular complexity index is 1090. The lowest BCUT2D eigenvalue weighted by Gasteiger charge is -2.70. The number of rotatable bonds is 4. The van der Waals surface area contributed by atoms with Gasteiger partial charge in [0.2, 0.25) is 0 Å². The molecule has 4 aliphatic carbocycles. The van der Waals surface area contributed by atoms with Crippen molar-refractivity contribution < 1.29 is 49.3 Å². The fourth-order valence-corrected chi connectivity index (χ4v) is 10.3. The maximum atomic E-state index is 13.1. The highest BCUT2D eigenvalue weighted by atomic mass is 16.7. The van der Waals surface area contributed by atoms with Crippen LogP contribution >= 0.6 is 0 Å². The number of carbonyl (C=O) groups excluding carboxylic acids is 2. The first-order valence-corrected chi connectivity index (χ1v) is 14.9. The summed E-state index contributed by atoms with van der Waals surface area (Å²) < 4.78 is 16.9. The Hall–Kier alpha value is -1.40. The predicted molar refractivity (Wildman–Crippen MR) is 139 cm³/mol. The summed E-state index contributed by atoms with van der Waals surface area (Å²) in [6.07, 6.45) is 0.493. The minimum atomic E-state index is -1.44. The van der Waals surface area contributed by atoms with Crippen molar-refractivity contribution in [2.75, 3.05) is 6.61 Å². The van der Waals surface area contributed by atoms with Crippen molar-refractivity contribution >= 4 is 12.3 Å². The van der Waals surface area contributed by atoms with Gasteiger partial charge in [-0.25, -0.2) is 4.79 Å². The van der Waals surface area contributed by atoms with Crippen molar-refractivity contribution in [2.45, 2.75) is 127 Å². The molecule has 0 spiro atoms. The first-order chi connectivity index (χ1) is 18.8. The van der Waals surface area contributed by atoms with E-state index in [-0.39, 0.29) is 30.8 Å². The van der Waals surface area contributed by atoms with Gasteiger partial charge < -0.3 is 44.5 Å². The second kappa shape index (κ2) is 9.30. The minimum absolute atomic E-state index is 0.0250. The smallest absolute Gasteiger partial charge is 0.331 e. The molecule has 2 aliphatic heterocycles. The molecule has 6 rings (SSSR count). The number of hydrogen-bond acceptors (Lipinski definition) is 10. The fourth-order valence-electron chi connectivity index (χ4n) is 10.3. The minimum Gasteiger partial charge on any atom is -0.458 e. The van der Waals surface area contributed by atoms with Crippen LogP contribution in [0.3, 0.4) is 0 Å². The standard InChI is InChI=1S/C30H44O10/c1-16-22(33)23(34)24(35)25(39-16)40-18-4-8-28(15-31)20-6-7-26(2)19(17-12-21(32)38-14-17)5-9-30(26,37)27(20,3)10-11-29(28,36)13-18/h12,15-16,18-20,22-25,33-37H,4-11,13-14H2,1-3H3/t16-,18-,19+,20-,22-,23+,24+,25-,26+,27+,28-,29-,30+/m0/s1. The molecular formula is C30H44O10. The summed E-state index contributed by atoms with van der Waals surface area (Å²) in [6.45, 7) is 6.07. The van der Waals surface area contributed by atoms with Gasteiger partial charge in [0.1, 0.15) is 31.2 Å². The largest absolute Gasteiger partial charge is 0.458 e. The van der Waals surface area contributed by atoms with Crippen LogP contribution in [0.15, 0.2) is 11.6 Å². The van der Waals surface area contributed by atoms with Gasteiger partial charge >= 0.3 is 5.97 Å². The lowest BCUT2D eigenvalue weighted by atomic mass is 9.36. The summed E-state index contributed by atoms with van der Waals surface area (Å²) in [5.74, 6) is -0.545. The van der Waals surface area contributed by atoms with E-state index >= 15 is 0 Å². The topological polar surface area (TPSA) is 163 Å². The third-order valence-corrected chi connectivity index (χ3v) is 12.6. The molecule has 2 heterocycles. The van der Waals surface area contributed by atoms with Crippen LogP contribution in [0.25, 0.3) is 0 Å². The van der Waals surface area contributed by atoms with Gasteiger partial charge in [-0.3, -0.25) is 0 Å². The molecule has 0 aromatic rings. The van der Waals surface area contributed by atoms with Crippen LogP contribution in [-0.4, -0.2) is 92.4 Å². The van der Waals surface area contributed by atoms with Gasteiger partial charge in [0.15, 0.2) is 6.29 Å². The Morgan fingerprint density at radius 1 is 0.950 bits per heavy atom. The van der Waals surface area contributed by atoms with E-state index in [0.717, 1.165) is 18.3 Å². The van der Waals surface area contributed by atoms with Crippen LogP contribution < -0.4 is 0 Å². The summed E-state index contributed by atoms with van der Waals surface area (Å²) in [5, 5.41) is 55.5. The number of fused-ring (bicyclic) bond motifs is 5. The van der Waals surface area contributed by atoms with Crippen LogP contribution in [0.1, 0.15) is 78.6 Å². The molecule has 224 valence electrons. The van der Waals surface area contributed by atoms with Gasteiger partial charge in [-0.15, -0.1) is 0 Å². The van der Waals surface area contributed by atoms with Gasteiger partial charge in [0.05, 0.1) is 28.8 Å². The quantitative estimate of drug-likeness (QED) is 0.190. The summed E-state index contributed by atoms with van der Waals surface area (Å²) in [5.41, 5.74) is -3.64. The third kappa shape index (κ3) is 3.59. The van der Waals surface area contributed by atoms with Gasteiger partial charge in [0, 0.05) is 23.3 Å². The van der Waals surface area contributed by atoms with E-state index in [1.54, 1.807) is 13.0 Å². The Morgan fingerprint density at radius 3 is 2.38 bits per heavy atom.